The Morgan fingerprint density at radius 2 is 1.21 bits per heavy atom. The third-order valence-corrected chi connectivity index (χ3v) is 4.44. The molecule has 4 nitrogen and oxygen atoms in total. The van der Waals surface area contributed by atoms with Gasteiger partial charge in [0.15, 0.2) is 0 Å². The number of fused-ring (bicyclic) bond motifs is 3. The molecular formula is C23H16FeN4+2. The minimum absolute atomic E-state index is 0. The molecule has 0 bridgehead atoms. The first-order valence-corrected chi connectivity index (χ1v) is 8.82. The third-order valence-electron chi connectivity index (χ3n) is 4.44. The molecular weight excluding hydrogens is 388 g/mol. The Morgan fingerprint density at radius 3 is 1.93 bits per heavy atom. The summed E-state index contributed by atoms with van der Waals surface area (Å²) in [6.07, 6.45) is 18.0. The fourth-order valence-electron chi connectivity index (χ4n) is 3.12. The van der Waals surface area contributed by atoms with Crippen molar-refractivity contribution in [1.82, 2.24) is 19.9 Å². The van der Waals surface area contributed by atoms with Crippen LogP contribution in [0, 0.1) is 63.7 Å². The molecule has 2 saturated carbocycles. The van der Waals surface area contributed by atoms with Crippen LogP contribution in [-0.4, -0.2) is 19.9 Å². The van der Waals surface area contributed by atoms with Crippen molar-refractivity contribution in [3.63, 3.8) is 0 Å². The average Bonchev–Trinajstić information content (AvgIpc) is 3.47. The zero-order valence-electron chi connectivity index (χ0n) is 14.9. The van der Waals surface area contributed by atoms with E-state index in [0.29, 0.717) is 0 Å². The minimum atomic E-state index is 0. The van der Waals surface area contributed by atoms with E-state index in [1.807, 2.05) is 94.2 Å². The number of aromatic amines is 1. The fourth-order valence-corrected chi connectivity index (χ4v) is 3.12. The molecule has 2 heterocycles. The number of aromatic nitrogens is 4. The second kappa shape index (κ2) is 8.59. The smallest absolute Gasteiger partial charge is 0.352 e. The molecule has 5 heteroatoms. The van der Waals surface area contributed by atoms with Crippen LogP contribution in [0.4, 0.5) is 0 Å². The van der Waals surface area contributed by atoms with Crippen molar-refractivity contribution in [2.24, 2.45) is 0 Å². The second-order valence-corrected chi connectivity index (χ2v) is 6.30. The number of nitrogens with zero attached hydrogens (tertiary/aromatic N) is 3. The van der Waals surface area contributed by atoms with Crippen LogP contribution < -0.4 is 0 Å². The van der Waals surface area contributed by atoms with E-state index in [1.54, 1.807) is 0 Å². The van der Waals surface area contributed by atoms with E-state index in [2.05, 4.69) is 15.0 Å². The van der Waals surface area contributed by atoms with Crippen molar-refractivity contribution >= 4 is 33.1 Å². The van der Waals surface area contributed by atoms with Gasteiger partial charge < -0.3 is 4.98 Å². The number of rotatable bonds is 1. The zero-order chi connectivity index (χ0) is 18.1. The standard InChI is InChI=1S/C18H11N4.C5H5.Fe/c1-2-6-11(5-1)18-21-16-9-14-15(10-17(16)22-18)20-13-8-4-3-7-12(13)19-14;1-2-4-5-3-1;/h1-10,19H;1-5H;/q;;+2. The van der Waals surface area contributed by atoms with Gasteiger partial charge in [0, 0.05) is 0 Å². The first-order valence-electron chi connectivity index (χ1n) is 8.82. The van der Waals surface area contributed by atoms with Crippen LogP contribution in [-0.2, 0) is 17.1 Å². The molecule has 6 rings (SSSR count). The van der Waals surface area contributed by atoms with Crippen molar-refractivity contribution in [3.8, 4) is 0 Å². The molecule has 0 saturated heterocycles. The molecule has 28 heavy (non-hydrogen) atoms. The number of hydrogen-bond donors (Lipinski definition) is 1. The number of nitrogens with one attached hydrogen (secondary N) is 1. The SMILES string of the molecule is [CH]1[CH][CH][CH][CH]1.[CH]1[CH][CH][C](c2nc3cc4nc5ccccc5[nH]c4cc3n2)[CH]1.[Fe+2]. The summed E-state index contributed by atoms with van der Waals surface area (Å²) in [6, 6.07) is 12.0. The van der Waals surface area contributed by atoms with Crippen LogP contribution in [0.1, 0.15) is 5.82 Å². The number of hydrogen-bond acceptors (Lipinski definition) is 3. The van der Waals surface area contributed by atoms with Gasteiger partial charge in [-0.15, -0.1) is 0 Å². The summed E-state index contributed by atoms with van der Waals surface area (Å²) in [6.45, 7) is 0. The van der Waals surface area contributed by atoms with Crippen LogP contribution in [0.5, 0.6) is 0 Å². The van der Waals surface area contributed by atoms with E-state index in [4.69, 9.17) is 4.98 Å². The summed E-state index contributed by atoms with van der Waals surface area (Å²) in [5.41, 5.74) is 5.60. The fraction of sp³-hybridized carbons (Fsp3) is 0. The molecule has 2 aromatic heterocycles. The molecule has 10 radical (unpaired) electrons. The summed E-state index contributed by atoms with van der Waals surface area (Å²) < 4.78 is 0. The molecule has 2 aromatic carbocycles. The maximum Gasteiger partial charge on any atom is 2.00 e. The second-order valence-electron chi connectivity index (χ2n) is 6.30. The Balaban J connectivity index is 0.000000282. The van der Waals surface area contributed by atoms with Crippen molar-refractivity contribution in [2.45, 2.75) is 0 Å². The monoisotopic (exact) mass is 404 g/mol. The molecule has 2 aliphatic rings. The quantitative estimate of drug-likeness (QED) is 0.377. The van der Waals surface area contributed by atoms with Crippen molar-refractivity contribution < 1.29 is 17.1 Å². The number of benzene rings is 2. The van der Waals surface area contributed by atoms with Gasteiger partial charge in [-0.05, 0) is 82.1 Å². The average molecular weight is 404 g/mol. The van der Waals surface area contributed by atoms with Gasteiger partial charge in [-0.1, -0.05) is 12.1 Å². The minimum Gasteiger partial charge on any atom is -0.352 e. The molecule has 4 aromatic rings. The van der Waals surface area contributed by atoms with E-state index < -0.39 is 0 Å². The summed E-state index contributed by atoms with van der Waals surface area (Å²) >= 11 is 0. The van der Waals surface area contributed by atoms with Gasteiger partial charge in [0.25, 0.3) is 0 Å². The van der Waals surface area contributed by atoms with Crippen LogP contribution in [0.25, 0.3) is 33.1 Å². The van der Waals surface area contributed by atoms with Crippen molar-refractivity contribution in [2.75, 3.05) is 0 Å². The predicted octanol–water partition coefficient (Wildman–Crippen LogP) is 4.43. The van der Waals surface area contributed by atoms with Gasteiger partial charge in [-0.2, -0.15) is 0 Å². The molecule has 2 fully saturated rings. The Kier molecular flexibility index (Phi) is 5.93. The Hall–Kier alpha value is -1.97. The van der Waals surface area contributed by atoms with Crippen molar-refractivity contribution in [3.05, 3.63) is 106 Å². The first-order chi connectivity index (χ1) is 13.4. The summed E-state index contributed by atoms with van der Waals surface area (Å²) in [4.78, 5) is 17.4. The topological polar surface area (TPSA) is 54.5 Å². The third kappa shape index (κ3) is 3.92. The molecule has 1 N–H and O–H groups in total. The Morgan fingerprint density at radius 1 is 0.571 bits per heavy atom. The molecule has 0 aliphatic heterocycles. The number of imidazole rings is 1. The molecule has 134 valence electrons. The summed E-state index contributed by atoms with van der Waals surface area (Å²) in [7, 11) is 0. The van der Waals surface area contributed by atoms with Gasteiger partial charge in [-0.25, -0.2) is 15.0 Å². The van der Waals surface area contributed by atoms with Crippen LogP contribution in [0.2, 0.25) is 0 Å². The van der Waals surface area contributed by atoms with Crippen LogP contribution >= 0.6 is 0 Å². The maximum atomic E-state index is 4.70. The summed E-state index contributed by atoms with van der Waals surface area (Å²) in [5, 5.41) is 0. The molecule has 0 amide bonds. The van der Waals surface area contributed by atoms with Gasteiger partial charge in [0.1, 0.15) is 5.82 Å². The van der Waals surface area contributed by atoms with E-state index in [9.17, 15) is 0 Å². The zero-order valence-corrected chi connectivity index (χ0v) is 16.0. The van der Waals surface area contributed by atoms with E-state index in [1.165, 1.54) is 0 Å². The van der Waals surface area contributed by atoms with E-state index in [0.717, 1.165) is 44.8 Å². The summed E-state index contributed by atoms with van der Waals surface area (Å²) in [5.74, 6) is 1.81. The molecule has 0 unspecified atom stereocenters. The van der Waals surface area contributed by atoms with Crippen LogP contribution in [0.3, 0.4) is 0 Å². The van der Waals surface area contributed by atoms with E-state index >= 15 is 0 Å². The van der Waals surface area contributed by atoms with Gasteiger partial charge in [0.2, 0.25) is 0 Å². The largest absolute Gasteiger partial charge is 2.00 e. The Labute approximate surface area is 176 Å². The van der Waals surface area contributed by atoms with Gasteiger partial charge in [0.05, 0.1) is 39.0 Å². The van der Waals surface area contributed by atoms with Crippen LogP contribution in [0.15, 0.2) is 36.4 Å². The number of H-pyrrole nitrogens is 1. The van der Waals surface area contributed by atoms with Gasteiger partial charge >= 0.3 is 17.1 Å². The first kappa shape index (κ1) is 19.4. The molecule has 0 spiro atoms. The molecule has 0 atom stereocenters. The normalized spacial score (nSPS) is 17.0. The van der Waals surface area contributed by atoms with E-state index in [-0.39, 0.29) is 17.1 Å². The maximum absolute atomic E-state index is 4.70. The van der Waals surface area contributed by atoms with Crippen molar-refractivity contribution in [1.29, 1.82) is 0 Å². The molecule has 2 aliphatic carbocycles. The number of para-hydroxylation sites is 2. The predicted molar refractivity (Wildman–Crippen MR) is 108 cm³/mol. The van der Waals surface area contributed by atoms with Gasteiger partial charge in [-0.3, -0.25) is 0 Å². The Bertz CT molecular complexity index is 998.